The lowest BCUT2D eigenvalue weighted by atomic mass is 9.97. The standard InChI is InChI=1S/C26H29N3O4/c1-17-14-23(22-7-3-4-8-24(22)27-17)18(2)33-21-11-9-19(10-12-21)15-25(30)29-13-5-6-20(16-29)26(31)28-32/h3-4,7-12,14,18,20,32H,5-6,13,15-16H2,1-2H3,(H,28,31). The lowest BCUT2D eigenvalue weighted by molar-refractivity contribution is -0.139. The molecule has 33 heavy (non-hydrogen) atoms. The van der Waals surface area contributed by atoms with Gasteiger partial charge < -0.3 is 9.64 Å². The maximum absolute atomic E-state index is 12.7. The molecule has 2 unspecified atom stereocenters. The Balaban J connectivity index is 1.40. The van der Waals surface area contributed by atoms with Crippen molar-refractivity contribution in [3.63, 3.8) is 0 Å². The number of nitrogens with one attached hydrogen (secondary N) is 1. The van der Waals surface area contributed by atoms with Crippen LogP contribution in [0.1, 0.15) is 42.7 Å². The molecule has 2 amide bonds. The molecule has 1 aliphatic rings. The number of amides is 2. The Morgan fingerprint density at radius 3 is 2.73 bits per heavy atom. The number of aromatic nitrogens is 1. The predicted molar refractivity (Wildman–Crippen MR) is 125 cm³/mol. The van der Waals surface area contributed by atoms with Gasteiger partial charge in [-0.3, -0.25) is 19.8 Å². The third-order valence-electron chi connectivity index (χ3n) is 6.16. The normalized spacial score (nSPS) is 16.9. The first kappa shape index (κ1) is 22.7. The number of hydroxylamine groups is 1. The summed E-state index contributed by atoms with van der Waals surface area (Å²) in [5, 5.41) is 9.93. The van der Waals surface area contributed by atoms with E-state index in [1.54, 1.807) is 10.4 Å². The van der Waals surface area contributed by atoms with Crippen LogP contribution in [0.4, 0.5) is 0 Å². The second kappa shape index (κ2) is 10.0. The number of carbonyl (C=O) groups is 2. The van der Waals surface area contributed by atoms with Crippen LogP contribution in [0.5, 0.6) is 5.75 Å². The maximum atomic E-state index is 12.7. The van der Waals surface area contributed by atoms with Crippen LogP contribution in [-0.2, 0) is 16.0 Å². The molecule has 0 spiro atoms. The van der Waals surface area contributed by atoms with Crippen LogP contribution in [0.15, 0.2) is 54.6 Å². The first-order chi connectivity index (χ1) is 15.9. The van der Waals surface area contributed by atoms with Crippen LogP contribution in [-0.4, -0.2) is 40.0 Å². The number of ether oxygens (including phenoxy) is 1. The topological polar surface area (TPSA) is 91.8 Å². The largest absolute Gasteiger partial charge is 0.486 e. The Bertz CT molecular complexity index is 1150. The quantitative estimate of drug-likeness (QED) is 0.441. The number of rotatable bonds is 6. The highest BCUT2D eigenvalue weighted by molar-refractivity contribution is 5.83. The summed E-state index contributed by atoms with van der Waals surface area (Å²) in [6, 6.07) is 17.7. The number of benzene rings is 2. The highest BCUT2D eigenvalue weighted by Gasteiger charge is 2.28. The third-order valence-corrected chi connectivity index (χ3v) is 6.16. The molecule has 2 heterocycles. The smallest absolute Gasteiger partial charge is 0.248 e. The van der Waals surface area contributed by atoms with Gasteiger partial charge in [0.15, 0.2) is 0 Å². The van der Waals surface area contributed by atoms with Gasteiger partial charge in [-0.2, -0.15) is 0 Å². The molecule has 1 aromatic heterocycles. The SMILES string of the molecule is Cc1cc(C(C)Oc2ccc(CC(=O)N3CCCC(C(=O)NO)C3)cc2)c2ccccc2n1. The molecule has 3 aromatic rings. The van der Waals surface area contributed by atoms with E-state index in [1.165, 1.54) is 0 Å². The fourth-order valence-electron chi connectivity index (χ4n) is 4.43. The highest BCUT2D eigenvalue weighted by Crippen LogP contribution is 2.28. The molecule has 0 aliphatic carbocycles. The highest BCUT2D eigenvalue weighted by atomic mass is 16.5. The van der Waals surface area contributed by atoms with Crippen LogP contribution in [0.3, 0.4) is 0 Å². The average molecular weight is 448 g/mol. The summed E-state index contributed by atoms with van der Waals surface area (Å²) in [6.07, 6.45) is 1.52. The molecule has 0 saturated carbocycles. The second-order valence-corrected chi connectivity index (χ2v) is 8.61. The number of fused-ring (bicyclic) bond motifs is 1. The van der Waals surface area contributed by atoms with E-state index in [0.717, 1.165) is 39.9 Å². The predicted octanol–water partition coefficient (Wildman–Crippen LogP) is 3.97. The van der Waals surface area contributed by atoms with Gasteiger partial charge in [0.1, 0.15) is 11.9 Å². The number of nitrogens with zero attached hydrogens (tertiary/aromatic N) is 2. The van der Waals surface area contributed by atoms with Crippen LogP contribution in [0.25, 0.3) is 10.9 Å². The van der Waals surface area contributed by atoms with Crippen LogP contribution < -0.4 is 10.2 Å². The molecule has 1 fully saturated rings. The summed E-state index contributed by atoms with van der Waals surface area (Å²) >= 11 is 0. The number of pyridine rings is 1. The zero-order chi connectivity index (χ0) is 23.4. The van der Waals surface area contributed by atoms with E-state index in [-0.39, 0.29) is 24.3 Å². The van der Waals surface area contributed by atoms with Crippen LogP contribution in [0, 0.1) is 12.8 Å². The zero-order valence-electron chi connectivity index (χ0n) is 19.0. The molecular weight excluding hydrogens is 418 g/mol. The van der Waals surface area contributed by atoms with Crippen molar-refractivity contribution in [3.05, 3.63) is 71.4 Å². The van der Waals surface area contributed by atoms with Gasteiger partial charge in [-0.1, -0.05) is 30.3 Å². The van der Waals surface area contributed by atoms with E-state index in [0.29, 0.717) is 19.5 Å². The summed E-state index contributed by atoms with van der Waals surface area (Å²) in [7, 11) is 0. The van der Waals surface area contributed by atoms with Gasteiger partial charge in [-0.25, -0.2) is 5.48 Å². The average Bonchev–Trinajstić information content (AvgIpc) is 2.84. The Morgan fingerprint density at radius 1 is 1.21 bits per heavy atom. The minimum atomic E-state index is -0.430. The molecule has 2 aromatic carbocycles. The van der Waals surface area contributed by atoms with Gasteiger partial charge in [0.25, 0.3) is 0 Å². The molecule has 2 N–H and O–H groups in total. The summed E-state index contributed by atoms with van der Waals surface area (Å²) in [5.74, 6) is -0.0840. The first-order valence-electron chi connectivity index (χ1n) is 11.3. The molecule has 0 bridgehead atoms. The minimum absolute atomic E-state index is 0.0220. The van der Waals surface area contributed by atoms with Gasteiger partial charge in [0.2, 0.25) is 11.8 Å². The van der Waals surface area contributed by atoms with Crippen molar-refractivity contribution in [3.8, 4) is 5.75 Å². The molecule has 172 valence electrons. The third kappa shape index (κ3) is 5.31. The fraction of sp³-hybridized carbons (Fsp3) is 0.346. The van der Waals surface area contributed by atoms with Gasteiger partial charge in [0, 0.05) is 29.7 Å². The van der Waals surface area contributed by atoms with Crippen LogP contribution >= 0.6 is 0 Å². The van der Waals surface area contributed by atoms with Crippen molar-refractivity contribution in [2.75, 3.05) is 13.1 Å². The van der Waals surface area contributed by atoms with E-state index < -0.39 is 5.91 Å². The molecule has 4 rings (SSSR count). The van der Waals surface area contributed by atoms with E-state index in [1.807, 2.05) is 56.3 Å². The zero-order valence-corrected chi connectivity index (χ0v) is 19.0. The first-order valence-corrected chi connectivity index (χ1v) is 11.3. The Hall–Kier alpha value is -3.45. The van der Waals surface area contributed by atoms with Gasteiger partial charge in [-0.05, 0) is 56.5 Å². The summed E-state index contributed by atoms with van der Waals surface area (Å²) < 4.78 is 6.20. The van der Waals surface area contributed by atoms with Crippen molar-refractivity contribution < 1.29 is 19.5 Å². The van der Waals surface area contributed by atoms with E-state index >= 15 is 0 Å². The van der Waals surface area contributed by atoms with E-state index in [4.69, 9.17) is 9.94 Å². The lowest BCUT2D eigenvalue weighted by Gasteiger charge is -2.31. The van der Waals surface area contributed by atoms with Crippen LogP contribution in [0.2, 0.25) is 0 Å². The van der Waals surface area contributed by atoms with Gasteiger partial charge in [-0.15, -0.1) is 0 Å². The van der Waals surface area contributed by atoms with Crippen molar-refractivity contribution in [2.24, 2.45) is 5.92 Å². The molecule has 2 atom stereocenters. The molecule has 1 aliphatic heterocycles. The van der Waals surface area contributed by atoms with Crippen molar-refractivity contribution >= 4 is 22.7 Å². The molecule has 7 heteroatoms. The van der Waals surface area contributed by atoms with Gasteiger partial charge >= 0.3 is 0 Å². The summed E-state index contributed by atoms with van der Waals surface area (Å²) in [6.45, 7) is 4.97. The van der Waals surface area contributed by atoms with Crippen molar-refractivity contribution in [1.29, 1.82) is 0 Å². The Labute approximate surface area is 193 Å². The molecular formula is C26H29N3O4. The maximum Gasteiger partial charge on any atom is 0.248 e. The summed E-state index contributed by atoms with van der Waals surface area (Å²) in [5.41, 5.74) is 5.57. The fourth-order valence-corrected chi connectivity index (χ4v) is 4.43. The molecule has 7 nitrogen and oxygen atoms in total. The monoisotopic (exact) mass is 447 g/mol. The Kier molecular flexibility index (Phi) is 6.89. The minimum Gasteiger partial charge on any atom is -0.486 e. The van der Waals surface area contributed by atoms with E-state index in [9.17, 15) is 9.59 Å². The Morgan fingerprint density at radius 2 is 1.97 bits per heavy atom. The number of carbonyl (C=O) groups excluding carboxylic acids is 2. The van der Waals surface area contributed by atoms with Crippen molar-refractivity contribution in [2.45, 2.75) is 39.2 Å². The number of aryl methyl sites for hydroxylation is 1. The lowest BCUT2D eigenvalue weighted by Crippen LogP contribution is -2.45. The van der Waals surface area contributed by atoms with E-state index in [2.05, 4.69) is 17.1 Å². The number of para-hydroxylation sites is 1. The number of piperidine rings is 1. The molecule has 0 radical (unpaired) electrons. The summed E-state index contributed by atoms with van der Waals surface area (Å²) in [4.78, 5) is 30.7. The molecule has 1 saturated heterocycles. The number of hydrogen-bond acceptors (Lipinski definition) is 5. The number of likely N-dealkylation sites (tertiary alicyclic amines) is 1. The van der Waals surface area contributed by atoms with Gasteiger partial charge in [0.05, 0.1) is 17.9 Å². The van der Waals surface area contributed by atoms with Crippen molar-refractivity contribution in [1.82, 2.24) is 15.4 Å². The second-order valence-electron chi connectivity index (χ2n) is 8.61. The number of hydrogen-bond donors (Lipinski definition) is 2.